The fraction of sp³-hybridized carbons (Fsp3) is 0.231. The van der Waals surface area contributed by atoms with Crippen LogP contribution in [0, 0.1) is 0 Å². The first-order valence-corrected chi connectivity index (χ1v) is 6.32. The molecule has 1 aromatic carbocycles. The maximum Gasteiger partial charge on any atom is 0.268 e. The highest BCUT2D eigenvalue weighted by atomic mass is 79.9. The van der Waals surface area contributed by atoms with Crippen LogP contribution in [0.2, 0.25) is 0 Å². The number of amides is 2. The maximum absolute atomic E-state index is 12.2. The molecule has 0 saturated carbocycles. The fourth-order valence-electron chi connectivity index (χ4n) is 1.86. The molecule has 0 atom stereocenters. The lowest BCUT2D eigenvalue weighted by molar-refractivity contribution is -0.122. The molecule has 1 aliphatic rings. The molecular formula is C13H12BrNO3. The van der Waals surface area contributed by atoms with Crippen LogP contribution >= 0.6 is 15.9 Å². The molecule has 0 aliphatic carbocycles. The van der Waals surface area contributed by atoms with Crippen LogP contribution in [0.1, 0.15) is 19.4 Å². The molecule has 94 valence electrons. The third-order valence-corrected chi connectivity index (χ3v) is 3.10. The third-order valence-electron chi connectivity index (χ3n) is 2.61. The number of hydrogen-bond donors (Lipinski definition) is 0. The van der Waals surface area contributed by atoms with E-state index in [-0.39, 0.29) is 11.8 Å². The predicted molar refractivity (Wildman–Crippen MR) is 71.9 cm³/mol. The van der Waals surface area contributed by atoms with E-state index < -0.39 is 0 Å². The van der Waals surface area contributed by atoms with E-state index in [9.17, 15) is 9.59 Å². The van der Waals surface area contributed by atoms with Gasteiger partial charge in [-0.3, -0.25) is 9.59 Å². The number of carbonyl (C=O) groups excluding carboxylic acids is 2. The minimum Gasteiger partial charge on any atom is -0.501 e. The molecule has 0 spiro atoms. The Kier molecular flexibility index (Phi) is 3.52. The summed E-state index contributed by atoms with van der Waals surface area (Å²) in [5.74, 6) is -0.650. The van der Waals surface area contributed by atoms with Crippen LogP contribution in [0.3, 0.4) is 0 Å². The van der Waals surface area contributed by atoms with E-state index in [0.29, 0.717) is 23.4 Å². The summed E-state index contributed by atoms with van der Waals surface area (Å²) in [5.41, 5.74) is 1.72. The molecule has 4 nitrogen and oxygen atoms in total. The summed E-state index contributed by atoms with van der Waals surface area (Å²) >= 11 is 3.33. The molecule has 0 N–H and O–H groups in total. The second kappa shape index (κ2) is 4.94. The van der Waals surface area contributed by atoms with Gasteiger partial charge in [-0.15, -0.1) is 0 Å². The van der Waals surface area contributed by atoms with Gasteiger partial charge in [0.2, 0.25) is 5.91 Å². The van der Waals surface area contributed by atoms with Crippen molar-refractivity contribution in [2.24, 2.45) is 0 Å². The summed E-state index contributed by atoms with van der Waals surface area (Å²) in [6.07, 6.45) is 1.41. The van der Waals surface area contributed by atoms with Gasteiger partial charge < -0.3 is 4.74 Å². The number of hydrogen-bond acceptors (Lipinski definition) is 3. The molecule has 0 unspecified atom stereocenters. The van der Waals surface area contributed by atoms with E-state index >= 15 is 0 Å². The molecule has 0 aromatic heterocycles. The minimum absolute atomic E-state index is 0.306. The second-order valence-corrected chi connectivity index (χ2v) is 4.72. The topological polar surface area (TPSA) is 46.6 Å². The summed E-state index contributed by atoms with van der Waals surface area (Å²) in [6, 6.07) is 5.38. The first-order chi connectivity index (χ1) is 8.56. The molecule has 18 heavy (non-hydrogen) atoms. The Morgan fingerprint density at radius 2 is 2.22 bits per heavy atom. The Hall–Kier alpha value is -1.62. The average molecular weight is 310 g/mol. The molecule has 1 aliphatic heterocycles. The molecule has 0 bridgehead atoms. The van der Waals surface area contributed by atoms with E-state index in [4.69, 9.17) is 4.74 Å². The lowest BCUT2D eigenvalue weighted by Crippen LogP contribution is -2.31. The Morgan fingerprint density at radius 3 is 2.83 bits per heavy atom. The Morgan fingerprint density at radius 1 is 1.50 bits per heavy atom. The van der Waals surface area contributed by atoms with Gasteiger partial charge in [-0.25, -0.2) is 4.90 Å². The summed E-state index contributed by atoms with van der Waals surface area (Å²) in [7, 11) is 0. The van der Waals surface area contributed by atoms with Crippen LogP contribution in [0.4, 0.5) is 5.69 Å². The highest BCUT2D eigenvalue weighted by Gasteiger charge is 2.35. The number of rotatable bonds is 2. The zero-order valence-electron chi connectivity index (χ0n) is 10.1. The van der Waals surface area contributed by atoms with Crippen molar-refractivity contribution in [3.05, 3.63) is 34.5 Å². The first kappa shape index (κ1) is 12.8. The SMILES string of the molecule is CCOC=C1C(=O)N(C(C)=O)c2cc(Br)ccc21. The number of fused-ring (bicyclic) bond motifs is 1. The molecule has 1 aromatic rings. The zero-order valence-corrected chi connectivity index (χ0v) is 11.7. The standard InChI is InChI=1S/C13H12BrNO3/c1-3-18-7-11-10-5-4-9(14)6-12(10)15(8(2)16)13(11)17/h4-7H,3H2,1-2H3. The van der Waals surface area contributed by atoms with Gasteiger partial charge in [0, 0.05) is 17.0 Å². The molecule has 2 amide bonds. The lowest BCUT2D eigenvalue weighted by Gasteiger charge is -2.11. The van der Waals surface area contributed by atoms with Crippen molar-refractivity contribution >= 4 is 39.0 Å². The molecule has 1 heterocycles. The van der Waals surface area contributed by atoms with Gasteiger partial charge in [-0.1, -0.05) is 22.0 Å². The van der Waals surface area contributed by atoms with Crippen molar-refractivity contribution < 1.29 is 14.3 Å². The van der Waals surface area contributed by atoms with Crippen molar-refractivity contribution in [1.29, 1.82) is 0 Å². The number of halogens is 1. The van der Waals surface area contributed by atoms with Crippen LogP contribution in [-0.4, -0.2) is 18.4 Å². The number of benzene rings is 1. The quantitative estimate of drug-likeness (QED) is 0.623. The highest BCUT2D eigenvalue weighted by Crippen LogP contribution is 2.38. The van der Waals surface area contributed by atoms with Crippen molar-refractivity contribution in [3.63, 3.8) is 0 Å². The van der Waals surface area contributed by atoms with Gasteiger partial charge in [0.05, 0.1) is 24.1 Å². The van der Waals surface area contributed by atoms with Gasteiger partial charge in [0.25, 0.3) is 5.91 Å². The Bertz CT molecular complexity index is 551. The van der Waals surface area contributed by atoms with Crippen LogP contribution in [0.15, 0.2) is 28.9 Å². The number of carbonyl (C=O) groups is 2. The molecule has 0 saturated heterocycles. The summed E-state index contributed by atoms with van der Waals surface area (Å²) in [4.78, 5) is 24.9. The van der Waals surface area contributed by atoms with Crippen molar-refractivity contribution in [1.82, 2.24) is 0 Å². The second-order valence-electron chi connectivity index (χ2n) is 3.81. The van der Waals surface area contributed by atoms with Crippen molar-refractivity contribution in [2.45, 2.75) is 13.8 Å². The molecule has 0 fully saturated rings. The molecule has 2 rings (SSSR count). The van der Waals surface area contributed by atoms with E-state index in [0.717, 1.165) is 9.37 Å². The number of anilines is 1. The number of nitrogens with zero attached hydrogens (tertiary/aromatic N) is 1. The van der Waals surface area contributed by atoms with Gasteiger partial charge in [0.1, 0.15) is 0 Å². The first-order valence-electron chi connectivity index (χ1n) is 5.53. The normalized spacial score (nSPS) is 16.1. The van der Waals surface area contributed by atoms with E-state index in [1.54, 1.807) is 12.1 Å². The van der Waals surface area contributed by atoms with Gasteiger partial charge in [-0.2, -0.15) is 0 Å². The number of imide groups is 1. The van der Waals surface area contributed by atoms with Gasteiger partial charge >= 0.3 is 0 Å². The maximum atomic E-state index is 12.2. The van der Waals surface area contributed by atoms with Crippen LogP contribution in [-0.2, 0) is 14.3 Å². The lowest BCUT2D eigenvalue weighted by atomic mass is 10.1. The Balaban J connectivity index is 2.57. The van der Waals surface area contributed by atoms with Crippen LogP contribution < -0.4 is 4.90 Å². The highest BCUT2D eigenvalue weighted by molar-refractivity contribution is 9.10. The van der Waals surface area contributed by atoms with Gasteiger partial charge in [0.15, 0.2) is 0 Å². The van der Waals surface area contributed by atoms with Gasteiger partial charge in [-0.05, 0) is 19.1 Å². The van der Waals surface area contributed by atoms with Crippen LogP contribution in [0.25, 0.3) is 5.57 Å². The largest absolute Gasteiger partial charge is 0.501 e. The third kappa shape index (κ3) is 2.06. The summed E-state index contributed by atoms with van der Waals surface area (Å²) < 4.78 is 5.99. The van der Waals surface area contributed by atoms with E-state index in [2.05, 4.69) is 15.9 Å². The minimum atomic E-state index is -0.343. The van der Waals surface area contributed by atoms with Crippen LogP contribution in [0.5, 0.6) is 0 Å². The fourth-order valence-corrected chi connectivity index (χ4v) is 2.20. The predicted octanol–water partition coefficient (Wildman–Crippen LogP) is 2.72. The molecule has 5 heteroatoms. The van der Waals surface area contributed by atoms with E-state index in [1.807, 2.05) is 13.0 Å². The van der Waals surface area contributed by atoms with Crippen molar-refractivity contribution in [2.75, 3.05) is 11.5 Å². The van der Waals surface area contributed by atoms with Crippen molar-refractivity contribution in [3.8, 4) is 0 Å². The molecular weight excluding hydrogens is 298 g/mol. The monoisotopic (exact) mass is 309 g/mol. The molecule has 0 radical (unpaired) electrons. The average Bonchev–Trinajstić information content (AvgIpc) is 2.58. The van der Waals surface area contributed by atoms with E-state index in [1.165, 1.54) is 13.2 Å². The Labute approximate surface area is 113 Å². The zero-order chi connectivity index (χ0) is 13.3. The number of ether oxygens (including phenoxy) is 1. The summed E-state index contributed by atoms with van der Waals surface area (Å²) in [6.45, 7) is 3.68. The summed E-state index contributed by atoms with van der Waals surface area (Å²) in [5, 5.41) is 0. The smallest absolute Gasteiger partial charge is 0.268 e.